The molecule has 1 aliphatic carbocycles. The normalized spacial score (nSPS) is 19.5. The van der Waals surface area contributed by atoms with E-state index in [4.69, 9.17) is 4.74 Å². The Morgan fingerprint density at radius 2 is 2.00 bits per heavy atom. The number of likely N-dealkylation sites (N-methyl/N-ethyl adjacent to an activating group) is 1. The van der Waals surface area contributed by atoms with Crippen LogP contribution in [0.25, 0.3) is 0 Å². The van der Waals surface area contributed by atoms with Crippen molar-refractivity contribution < 1.29 is 9.84 Å². The second kappa shape index (κ2) is 7.23. The van der Waals surface area contributed by atoms with Gasteiger partial charge in [0.25, 0.3) is 0 Å². The maximum atomic E-state index is 11.0. The Morgan fingerprint density at radius 3 is 2.62 bits per heavy atom. The van der Waals surface area contributed by atoms with Gasteiger partial charge in [0, 0.05) is 11.8 Å². The molecular formula is C17H28N2O2. The summed E-state index contributed by atoms with van der Waals surface area (Å²) in [7, 11) is 4.14. The van der Waals surface area contributed by atoms with E-state index in [1.807, 2.05) is 6.07 Å². The molecule has 0 aliphatic heterocycles. The molecular weight excluding hydrogens is 264 g/mol. The molecule has 1 fully saturated rings. The fourth-order valence-corrected chi connectivity index (χ4v) is 3.32. The first kappa shape index (κ1) is 16.2. The summed E-state index contributed by atoms with van der Waals surface area (Å²) in [5, 5.41) is 11.0. The number of ether oxygens (including phenoxy) is 1. The van der Waals surface area contributed by atoms with Crippen LogP contribution >= 0.6 is 0 Å². The molecule has 4 heteroatoms. The molecule has 4 nitrogen and oxygen atoms in total. The molecule has 1 atom stereocenters. The Bertz CT molecular complexity index is 442. The smallest absolute Gasteiger partial charge is 0.137 e. The van der Waals surface area contributed by atoms with Crippen LogP contribution in [0, 0.1) is 0 Å². The van der Waals surface area contributed by atoms with E-state index in [2.05, 4.69) is 30.9 Å². The van der Waals surface area contributed by atoms with Gasteiger partial charge in [0.15, 0.2) is 0 Å². The molecule has 0 spiro atoms. The number of pyridine rings is 1. The van der Waals surface area contributed by atoms with Crippen LogP contribution in [0.1, 0.15) is 57.1 Å². The minimum atomic E-state index is -0.523. The van der Waals surface area contributed by atoms with E-state index >= 15 is 0 Å². The van der Waals surface area contributed by atoms with E-state index in [1.54, 1.807) is 12.4 Å². The number of hydrogen-bond acceptors (Lipinski definition) is 4. The zero-order chi connectivity index (χ0) is 15.3. The summed E-state index contributed by atoms with van der Waals surface area (Å²) in [6, 6.07) is 1.94. The van der Waals surface area contributed by atoms with E-state index < -0.39 is 6.10 Å². The highest BCUT2D eigenvalue weighted by atomic mass is 16.5. The van der Waals surface area contributed by atoms with Gasteiger partial charge in [0.1, 0.15) is 5.75 Å². The molecule has 1 unspecified atom stereocenters. The Labute approximate surface area is 128 Å². The van der Waals surface area contributed by atoms with E-state index in [-0.39, 0.29) is 5.54 Å². The largest absolute Gasteiger partial charge is 0.492 e. The highest BCUT2D eigenvalue weighted by Gasteiger charge is 2.41. The number of aliphatic hydroxyl groups excluding tert-OH is 1. The summed E-state index contributed by atoms with van der Waals surface area (Å²) < 4.78 is 5.64. The van der Waals surface area contributed by atoms with Crippen molar-refractivity contribution in [3.05, 3.63) is 24.0 Å². The van der Waals surface area contributed by atoms with Gasteiger partial charge >= 0.3 is 0 Å². The number of aromatic nitrogens is 1. The van der Waals surface area contributed by atoms with Crippen molar-refractivity contribution in [1.29, 1.82) is 0 Å². The highest BCUT2D eigenvalue weighted by Crippen LogP contribution is 2.42. The van der Waals surface area contributed by atoms with E-state index in [9.17, 15) is 5.11 Å². The average Bonchev–Trinajstić information content (AvgIpc) is 2.53. The van der Waals surface area contributed by atoms with Gasteiger partial charge in [0.05, 0.1) is 24.4 Å². The molecule has 1 aromatic rings. The molecule has 1 saturated carbocycles. The predicted molar refractivity (Wildman–Crippen MR) is 84.5 cm³/mol. The minimum absolute atomic E-state index is 0.177. The predicted octanol–water partition coefficient (Wildman–Crippen LogP) is 3.17. The first-order chi connectivity index (χ1) is 10.1. The van der Waals surface area contributed by atoms with Crippen molar-refractivity contribution in [3.63, 3.8) is 0 Å². The van der Waals surface area contributed by atoms with Crippen molar-refractivity contribution in [2.45, 2.75) is 57.1 Å². The standard InChI is InChI=1S/C17H28N2O2/c1-4-10-21-15-11-14(12-18-13-15)16(20)17(19(2)3)8-6-5-7-9-17/h11-13,16,20H,4-10H2,1-3H3. The number of aliphatic hydroxyl groups is 1. The second-order valence-electron chi connectivity index (χ2n) is 6.26. The Morgan fingerprint density at radius 1 is 1.29 bits per heavy atom. The van der Waals surface area contributed by atoms with Gasteiger partial charge < -0.3 is 14.7 Å². The lowest BCUT2D eigenvalue weighted by Crippen LogP contribution is -2.50. The molecule has 1 aliphatic rings. The maximum absolute atomic E-state index is 11.0. The van der Waals surface area contributed by atoms with Crippen molar-refractivity contribution >= 4 is 0 Å². The van der Waals surface area contributed by atoms with E-state index in [1.165, 1.54) is 19.3 Å². The third-order valence-corrected chi connectivity index (χ3v) is 4.64. The minimum Gasteiger partial charge on any atom is -0.492 e. The zero-order valence-electron chi connectivity index (χ0n) is 13.5. The Kier molecular flexibility index (Phi) is 5.59. The first-order valence-corrected chi connectivity index (χ1v) is 8.03. The third kappa shape index (κ3) is 3.55. The van der Waals surface area contributed by atoms with Crippen LogP contribution in [0.2, 0.25) is 0 Å². The molecule has 118 valence electrons. The fourth-order valence-electron chi connectivity index (χ4n) is 3.32. The van der Waals surface area contributed by atoms with Gasteiger partial charge in [-0.25, -0.2) is 0 Å². The molecule has 1 heterocycles. The molecule has 0 saturated heterocycles. The van der Waals surface area contributed by atoms with Crippen molar-refractivity contribution in [1.82, 2.24) is 9.88 Å². The fraction of sp³-hybridized carbons (Fsp3) is 0.706. The Balaban J connectivity index is 2.22. The molecule has 1 N–H and O–H groups in total. The molecule has 0 aromatic carbocycles. The van der Waals surface area contributed by atoms with Crippen LogP contribution in [0.4, 0.5) is 0 Å². The molecule has 2 rings (SSSR count). The van der Waals surface area contributed by atoms with Gasteiger partial charge in [-0.2, -0.15) is 0 Å². The molecule has 0 radical (unpaired) electrons. The SMILES string of the molecule is CCCOc1cncc(C(O)C2(N(C)C)CCCCC2)c1. The number of nitrogens with zero attached hydrogens (tertiary/aromatic N) is 2. The van der Waals surface area contributed by atoms with Crippen LogP contribution in [-0.4, -0.2) is 41.2 Å². The second-order valence-corrected chi connectivity index (χ2v) is 6.26. The number of hydrogen-bond donors (Lipinski definition) is 1. The average molecular weight is 292 g/mol. The van der Waals surface area contributed by atoms with Crippen molar-refractivity contribution in [2.75, 3.05) is 20.7 Å². The summed E-state index contributed by atoms with van der Waals surface area (Å²) in [4.78, 5) is 6.43. The Hall–Kier alpha value is -1.13. The lowest BCUT2D eigenvalue weighted by Gasteiger charge is -2.46. The lowest BCUT2D eigenvalue weighted by atomic mass is 9.75. The first-order valence-electron chi connectivity index (χ1n) is 8.03. The third-order valence-electron chi connectivity index (χ3n) is 4.64. The van der Waals surface area contributed by atoms with E-state index in [0.29, 0.717) is 6.61 Å². The van der Waals surface area contributed by atoms with Crippen molar-refractivity contribution in [3.8, 4) is 5.75 Å². The van der Waals surface area contributed by atoms with Gasteiger partial charge in [-0.3, -0.25) is 4.98 Å². The topological polar surface area (TPSA) is 45.6 Å². The summed E-state index contributed by atoms with van der Waals surface area (Å²) in [6.07, 6.45) is 9.60. The monoisotopic (exact) mass is 292 g/mol. The molecule has 21 heavy (non-hydrogen) atoms. The van der Waals surface area contributed by atoms with Crippen LogP contribution < -0.4 is 4.74 Å². The molecule has 1 aromatic heterocycles. The van der Waals surface area contributed by atoms with Gasteiger partial charge in [-0.05, 0) is 39.4 Å². The lowest BCUT2D eigenvalue weighted by molar-refractivity contribution is -0.0338. The number of rotatable bonds is 6. The van der Waals surface area contributed by atoms with Gasteiger partial charge in [-0.15, -0.1) is 0 Å². The van der Waals surface area contributed by atoms with Gasteiger partial charge in [-0.1, -0.05) is 26.2 Å². The van der Waals surface area contributed by atoms with Crippen LogP contribution in [0.3, 0.4) is 0 Å². The van der Waals surface area contributed by atoms with Crippen LogP contribution in [-0.2, 0) is 0 Å². The quantitative estimate of drug-likeness (QED) is 0.875. The van der Waals surface area contributed by atoms with Crippen molar-refractivity contribution in [2.24, 2.45) is 0 Å². The summed E-state index contributed by atoms with van der Waals surface area (Å²) >= 11 is 0. The maximum Gasteiger partial charge on any atom is 0.137 e. The summed E-state index contributed by atoms with van der Waals surface area (Å²) in [6.45, 7) is 2.76. The summed E-state index contributed by atoms with van der Waals surface area (Å²) in [5.74, 6) is 0.748. The van der Waals surface area contributed by atoms with Crippen LogP contribution in [0.5, 0.6) is 5.75 Å². The highest BCUT2D eigenvalue weighted by molar-refractivity contribution is 5.27. The van der Waals surface area contributed by atoms with Crippen LogP contribution in [0.15, 0.2) is 18.5 Å². The van der Waals surface area contributed by atoms with E-state index in [0.717, 1.165) is 30.6 Å². The summed E-state index contributed by atoms with van der Waals surface area (Å²) in [5.41, 5.74) is 0.683. The molecule has 0 amide bonds. The van der Waals surface area contributed by atoms with Gasteiger partial charge in [0.2, 0.25) is 0 Å². The molecule has 0 bridgehead atoms. The zero-order valence-corrected chi connectivity index (χ0v) is 13.5.